The van der Waals surface area contributed by atoms with E-state index >= 15 is 0 Å². The summed E-state index contributed by atoms with van der Waals surface area (Å²) in [5, 5.41) is 12.7. The lowest BCUT2D eigenvalue weighted by molar-refractivity contribution is -0.139. The van der Waals surface area contributed by atoms with Gasteiger partial charge in [0.15, 0.2) is 11.0 Å². The maximum atomic E-state index is 12.8. The number of carbonyl (C=O) groups is 3. The maximum absolute atomic E-state index is 12.8. The van der Waals surface area contributed by atoms with Gasteiger partial charge in [0, 0.05) is 31.4 Å². The smallest absolute Gasteiger partial charge is 0.344 e. The highest BCUT2D eigenvalue weighted by atomic mass is 32.2. The molecule has 1 aliphatic carbocycles. The molecule has 0 unspecified atom stereocenters. The van der Waals surface area contributed by atoms with Crippen LogP contribution < -0.4 is 15.6 Å². The van der Waals surface area contributed by atoms with Gasteiger partial charge in [0.2, 0.25) is 5.91 Å². The first kappa shape index (κ1) is 24.1. The summed E-state index contributed by atoms with van der Waals surface area (Å²) in [7, 11) is 1.85. The Bertz CT molecular complexity index is 1060. The first-order chi connectivity index (χ1) is 16.4. The molecule has 2 N–H and O–H groups in total. The van der Waals surface area contributed by atoms with Crippen LogP contribution in [0.25, 0.3) is 11.4 Å². The average molecular weight is 486 g/mol. The van der Waals surface area contributed by atoms with E-state index in [-0.39, 0.29) is 11.7 Å². The zero-order valence-corrected chi connectivity index (χ0v) is 20.7. The van der Waals surface area contributed by atoms with Crippen LogP contribution in [0.3, 0.4) is 0 Å². The largest absolute Gasteiger partial charge is 0.372 e. The van der Waals surface area contributed by atoms with E-state index in [9.17, 15) is 14.4 Å². The second kappa shape index (κ2) is 10.0. The first-order valence-electron chi connectivity index (χ1n) is 11.7. The Morgan fingerprint density at radius 3 is 2.44 bits per heavy atom. The van der Waals surface area contributed by atoms with Crippen molar-refractivity contribution < 1.29 is 14.4 Å². The van der Waals surface area contributed by atoms with E-state index in [4.69, 9.17) is 0 Å². The van der Waals surface area contributed by atoms with Crippen molar-refractivity contribution in [3.05, 3.63) is 24.3 Å². The van der Waals surface area contributed by atoms with Crippen LogP contribution >= 0.6 is 11.8 Å². The molecule has 10 nitrogen and oxygen atoms in total. The molecule has 1 saturated carbocycles. The molecule has 1 aromatic heterocycles. The Morgan fingerprint density at radius 1 is 1.12 bits per heavy atom. The predicted octanol–water partition coefficient (Wildman–Crippen LogP) is 2.71. The van der Waals surface area contributed by atoms with Crippen molar-refractivity contribution in [2.45, 2.75) is 56.6 Å². The van der Waals surface area contributed by atoms with Gasteiger partial charge in [-0.15, -0.1) is 10.2 Å². The molecular weight excluding hydrogens is 454 g/mol. The molecular formula is C23H31N7O3S. The van der Waals surface area contributed by atoms with Crippen LogP contribution in [-0.2, 0) is 16.6 Å². The number of thioether (sulfide) groups is 1. The van der Waals surface area contributed by atoms with Crippen LogP contribution in [0, 0.1) is 0 Å². The van der Waals surface area contributed by atoms with E-state index < -0.39 is 17.5 Å². The van der Waals surface area contributed by atoms with Gasteiger partial charge in [-0.1, -0.05) is 31.0 Å². The first-order valence-corrected chi connectivity index (χ1v) is 12.7. The number of amides is 4. The zero-order valence-electron chi connectivity index (χ0n) is 19.8. The zero-order chi connectivity index (χ0) is 24.3. The van der Waals surface area contributed by atoms with E-state index in [0.29, 0.717) is 23.8 Å². The molecule has 11 heteroatoms. The number of carbonyl (C=O) groups excluding carboxylic acids is 3. The second-order valence-corrected chi connectivity index (χ2v) is 9.56. The fourth-order valence-electron chi connectivity index (χ4n) is 4.61. The molecule has 0 bridgehead atoms. The second-order valence-electron chi connectivity index (χ2n) is 8.62. The van der Waals surface area contributed by atoms with E-state index in [0.717, 1.165) is 48.6 Å². The summed E-state index contributed by atoms with van der Waals surface area (Å²) >= 11 is 1.20. The minimum Gasteiger partial charge on any atom is -0.372 e. The number of hydrogen-bond donors (Lipinski definition) is 2. The predicted molar refractivity (Wildman–Crippen MR) is 130 cm³/mol. The molecule has 1 aliphatic heterocycles. The van der Waals surface area contributed by atoms with E-state index in [1.165, 1.54) is 11.8 Å². The number of nitrogens with one attached hydrogen (secondary N) is 2. The van der Waals surface area contributed by atoms with Gasteiger partial charge in [0.25, 0.3) is 5.91 Å². The number of benzene rings is 1. The highest BCUT2D eigenvalue weighted by molar-refractivity contribution is 7.99. The topological polar surface area (TPSA) is 112 Å². The molecule has 0 atom stereocenters. The van der Waals surface area contributed by atoms with Crippen molar-refractivity contribution in [3.8, 4) is 11.4 Å². The van der Waals surface area contributed by atoms with Gasteiger partial charge >= 0.3 is 6.03 Å². The maximum Gasteiger partial charge on any atom is 0.344 e. The molecule has 4 rings (SSSR count). The molecule has 2 heterocycles. The van der Waals surface area contributed by atoms with E-state index in [1.54, 1.807) is 0 Å². The lowest BCUT2D eigenvalue weighted by atomic mass is 9.82. The Hall–Kier alpha value is -3.08. The standard InChI is InChI=1S/C23H31N7O3S/c1-4-29(5-2)17-11-9-16(10-12-17)19-25-26-22(28(19)3)34-15-18(31)27-30-20(32)23(24-21(30)33)13-7-6-8-14-23/h9-12H,4-8,13-15H2,1-3H3,(H,24,33)(H,27,31). The number of rotatable bonds is 8. The van der Waals surface area contributed by atoms with E-state index in [1.807, 2.05) is 23.7 Å². The third kappa shape index (κ3) is 4.61. The Morgan fingerprint density at radius 2 is 1.79 bits per heavy atom. The summed E-state index contributed by atoms with van der Waals surface area (Å²) in [4.78, 5) is 39.9. The number of hydrazine groups is 1. The highest BCUT2D eigenvalue weighted by Gasteiger charge is 2.52. The van der Waals surface area contributed by atoms with Gasteiger partial charge in [0.1, 0.15) is 5.54 Å². The summed E-state index contributed by atoms with van der Waals surface area (Å²) in [6.45, 7) is 6.13. The van der Waals surface area contributed by atoms with Crippen LogP contribution in [0.2, 0.25) is 0 Å². The van der Waals surface area contributed by atoms with Crippen LogP contribution in [0.5, 0.6) is 0 Å². The number of imide groups is 1. The molecule has 2 fully saturated rings. The number of anilines is 1. The highest BCUT2D eigenvalue weighted by Crippen LogP contribution is 2.33. The Kier molecular flexibility index (Phi) is 7.11. The lowest BCUT2D eigenvalue weighted by Crippen LogP contribution is -2.51. The van der Waals surface area contributed by atoms with Crippen molar-refractivity contribution >= 4 is 35.3 Å². The van der Waals surface area contributed by atoms with Gasteiger partial charge in [-0.25, -0.2) is 4.79 Å². The molecule has 34 heavy (non-hydrogen) atoms. The molecule has 2 aliphatic rings. The van der Waals surface area contributed by atoms with E-state index in [2.05, 4.69) is 51.8 Å². The SMILES string of the molecule is CCN(CC)c1ccc(-c2nnc(SCC(=O)NN3C(=O)NC4(CCCCC4)C3=O)n2C)cc1. The van der Waals surface area contributed by atoms with Gasteiger partial charge in [-0.05, 0) is 51.0 Å². The Balaban J connectivity index is 1.36. The summed E-state index contributed by atoms with van der Waals surface area (Å²) in [5.41, 5.74) is 3.67. The van der Waals surface area contributed by atoms with Crippen molar-refractivity contribution in [2.75, 3.05) is 23.7 Å². The number of urea groups is 1. The van der Waals surface area contributed by atoms with Crippen molar-refractivity contribution in [1.29, 1.82) is 0 Å². The number of hydrogen-bond acceptors (Lipinski definition) is 7. The fraction of sp³-hybridized carbons (Fsp3) is 0.522. The summed E-state index contributed by atoms with van der Waals surface area (Å²) < 4.78 is 1.83. The molecule has 1 aromatic carbocycles. The summed E-state index contributed by atoms with van der Waals surface area (Å²) in [5.74, 6) is -0.127. The van der Waals surface area contributed by atoms with Crippen LogP contribution in [0.15, 0.2) is 29.4 Å². The van der Waals surface area contributed by atoms with Crippen LogP contribution in [0.1, 0.15) is 46.0 Å². The normalized spacial score (nSPS) is 17.2. The van der Waals surface area contributed by atoms with Crippen LogP contribution in [-0.4, -0.2) is 62.0 Å². The van der Waals surface area contributed by atoms with Crippen molar-refractivity contribution in [1.82, 2.24) is 30.5 Å². The van der Waals surface area contributed by atoms with Crippen molar-refractivity contribution in [2.24, 2.45) is 7.05 Å². The third-order valence-electron chi connectivity index (χ3n) is 6.53. The molecule has 1 saturated heterocycles. The third-order valence-corrected chi connectivity index (χ3v) is 7.55. The summed E-state index contributed by atoms with van der Waals surface area (Å²) in [6, 6.07) is 7.58. The summed E-state index contributed by atoms with van der Waals surface area (Å²) in [6.07, 6.45) is 4.03. The number of nitrogens with zero attached hydrogens (tertiary/aromatic N) is 5. The molecule has 1 spiro atoms. The van der Waals surface area contributed by atoms with Crippen LogP contribution in [0.4, 0.5) is 10.5 Å². The molecule has 0 radical (unpaired) electrons. The van der Waals surface area contributed by atoms with Gasteiger partial charge < -0.3 is 14.8 Å². The number of aromatic nitrogens is 3. The van der Waals surface area contributed by atoms with Crippen molar-refractivity contribution in [3.63, 3.8) is 0 Å². The average Bonchev–Trinajstić information content (AvgIpc) is 3.31. The fourth-order valence-corrected chi connectivity index (χ4v) is 5.31. The minimum absolute atomic E-state index is 0.00304. The molecule has 182 valence electrons. The quantitative estimate of drug-likeness (QED) is 0.437. The monoisotopic (exact) mass is 485 g/mol. The lowest BCUT2D eigenvalue weighted by Gasteiger charge is -2.30. The van der Waals surface area contributed by atoms with Gasteiger partial charge in [0.05, 0.1) is 5.75 Å². The minimum atomic E-state index is -0.866. The molecule has 2 aromatic rings. The Labute approximate surface area is 203 Å². The van der Waals surface area contributed by atoms with Gasteiger partial charge in [-0.2, -0.15) is 5.01 Å². The van der Waals surface area contributed by atoms with Gasteiger partial charge in [-0.3, -0.25) is 15.0 Å². The molecule has 4 amide bonds.